The molecular weight excluding hydrogens is 386 g/mol. The monoisotopic (exact) mass is 413 g/mol. The molecule has 2 aromatic carbocycles. The lowest BCUT2D eigenvalue weighted by Gasteiger charge is -2.33. The van der Waals surface area contributed by atoms with E-state index in [1.807, 2.05) is 53.4 Å². The summed E-state index contributed by atoms with van der Waals surface area (Å²) in [4.78, 5) is 17.6. The number of anilines is 2. The summed E-state index contributed by atoms with van der Waals surface area (Å²) in [5.74, 6) is 0.0522. The van der Waals surface area contributed by atoms with Gasteiger partial charge in [-0.05, 0) is 36.6 Å². The molecule has 1 amide bonds. The minimum atomic E-state index is -3.01. The van der Waals surface area contributed by atoms with Gasteiger partial charge in [0.25, 0.3) is 0 Å². The standard InChI is InChI=1S/C22H27N3O3S/c26-22(23-19-9-6-10-20(17-19)24-11-4-5-12-24)21(18-7-2-1-3-8-18)25-13-15-29(27,28)16-14-25/h1-3,6-10,17,21H,4-5,11-16H2,(H,23,26). The van der Waals surface area contributed by atoms with Gasteiger partial charge in [-0.25, -0.2) is 8.42 Å². The van der Waals surface area contributed by atoms with Crippen LogP contribution in [0, 0.1) is 0 Å². The predicted molar refractivity (Wildman–Crippen MR) is 116 cm³/mol. The quantitative estimate of drug-likeness (QED) is 0.816. The Hall–Kier alpha value is -2.38. The van der Waals surface area contributed by atoms with Crippen LogP contribution in [0.4, 0.5) is 11.4 Å². The fourth-order valence-corrected chi connectivity index (χ4v) is 5.34. The van der Waals surface area contributed by atoms with Crippen LogP contribution in [0.15, 0.2) is 54.6 Å². The predicted octanol–water partition coefficient (Wildman–Crippen LogP) is 2.70. The van der Waals surface area contributed by atoms with Gasteiger partial charge in [0.15, 0.2) is 9.84 Å². The molecule has 2 heterocycles. The molecule has 2 aromatic rings. The molecule has 6 nitrogen and oxygen atoms in total. The van der Waals surface area contributed by atoms with Crippen molar-refractivity contribution in [2.75, 3.05) is 47.9 Å². The van der Waals surface area contributed by atoms with Crippen molar-refractivity contribution in [2.24, 2.45) is 0 Å². The first-order chi connectivity index (χ1) is 14.0. The topological polar surface area (TPSA) is 69.7 Å². The Morgan fingerprint density at radius 2 is 1.59 bits per heavy atom. The van der Waals surface area contributed by atoms with E-state index in [0.717, 1.165) is 30.0 Å². The number of benzene rings is 2. The molecule has 0 aromatic heterocycles. The molecule has 7 heteroatoms. The highest BCUT2D eigenvalue weighted by atomic mass is 32.2. The summed E-state index contributed by atoms with van der Waals surface area (Å²) in [6, 6.07) is 17.0. The SMILES string of the molecule is O=C(Nc1cccc(N2CCCC2)c1)C(c1ccccc1)N1CCS(=O)(=O)CC1. The molecule has 2 aliphatic rings. The number of nitrogens with one attached hydrogen (secondary N) is 1. The van der Waals surface area contributed by atoms with Crippen molar-refractivity contribution in [3.05, 3.63) is 60.2 Å². The van der Waals surface area contributed by atoms with Crippen molar-refractivity contribution in [1.82, 2.24) is 4.90 Å². The number of hydrogen-bond donors (Lipinski definition) is 1. The second-order valence-corrected chi connectivity index (χ2v) is 10.0. The number of sulfone groups is 1. The van der Waals surface area contributed by atoms with Crippen LogP contribution >= 0.6 is 0 Å². The Bertz CT molecular complexity index is 942. The highest BCUT2D eigenvalue weighted by Crippen LogP contribution is 2.27. The van der Waals surface area contributed by atoms with Gasteiger partial charge in [-0.2, -0.15) is 0 Å². The maximum absolute atomic E-state index is 13.3. The highest BCUT2D eigenvalue weighted by Gasteiger charge is 2.32. The fraction of sp³-hybridized carbons (Fsp3) is 0.409. The van der Waals surface area contributed by atoms with Crippen LogP contribution in [-0.2, 0) is 14.6 Å². The first-order valence-electron chi connectivity index (χ1n) is 10.2. The Morgan fingerprint density at radius 3 is 2.28 bits per heavy atom. The van der Waals surface area contributed by atoms with Crippen molar-refractivity contribution in [3.8, 4) is 0 Å². The van der Waals surface area contributed by atoms with E-state index in [0.29, 0.717) is 13.1 Å². The van der Waals surface area contributed by atoms with E-state index in [2.05, 4.69) is 16.3 Å². The third-order valence-corrected chi connectivity index (χ3v) is 7.30. The normalized spacial score (nSPS) is 20.3. The van der Waals surface area contributed by atoms with Crippen molar-refractivity contribution < 1.29 is 13.2 Å². The number of hydrogen-bond acceptors (Lipinski definition) is 5. The molecule has 29 heavy (non-hydrogen) atoms. The average molecular weight is 414 g/mol. The second-order valence-electron chi connectivity index (χ2n) is 7.73. The number of nitrogens with zero attached hydrogens (tertiary/aromatic N) is 2. The lowest BCUT2D eigenvalue weighted by molar-refractivity contribution is -0.121. The lowest BCUT2D eigenvalue weighted by Crippen LogP contribution is -2.46. The zero-order valence-corrected chi connectivity index (χ0v) is 17.3. The zero-order chi connectivity index (χ0) is 20.3. The van der Waals surface area contributed by atoms with Gasteiger partial charge in [0, 0.05) is 37.6 Å². The third-order valence-electron chi connectivity index (χ3n) is 5.69. The van der Waals surface area contributed by atoms with Gasteiger partial charge in [-0.15, -0.1) is 0 Å². The molecule has 0 aliphatic carbocycles. The van der Waals surface area contributed by atoms with Crippen LogP contribution in [-0.4, -0.2) is 56.9 Å². The molecule has 1 atom stereocenters. The minimum Gasteiger partial charge on any atom is -0.371 e. The molecule has 4 rings (SSSR count). The number of carbonyl (C=O) groups is 1. The number of amides is 1. The van der Waals surface area contributed by atoms with E-state index in [4.69, 9.17) is 0 Å². The van der Waals surface area contributed by atoms with E-state index in [1.54, 1.807) is 0 Å². The van der Waals surface area contributed by atoms with E-state index in [-0.39, 0.29) is 17.4 Å². The van der Waals surface area contributed by atoms with Crippen molar-refractivity contribution in [2.45, 2.75) is 18.9 Å². The van der Waals surface area contributed by atoms with Crippen LogP contribution in [0.25, 0.3) is 0 Å². The van der Waals surface area contributed by atoms with Crippen LogP contribution in [0.1, 0.15) is 24.4 Å². The molecule has 2 saturated heterocycles. The Morgan fingerprint density at radius 1 is 0.897 bits per heavy atom. The van der Waals surface area contributed by atoms with Gasteiger partial charge < -0.3 is 10.2 Å². The Labute approximate surface area is 172 Å². The molecule has 0 spiro atoms. The summed E-state index contributed by atoms with van der Waals surface area (Å²) >= 11 is 0. The summed E-state index contributed by atoms with van der Waals surface area (Å²) in [7, 11) is -3.01. The van der Waals surface area contributed by atoms with E-state index in [9.17, 15) is 13.2 Å². The molecule has 0 saturated carbocycles. The van der Waals surface area contributed by atoms with E-state index >= 15 is 0 Å². The van der Waals surface area contributed by atoms with E-state index in [1.165, 1.54) is 12.8 Å². The second kappa shape index (κ2) is 8.55. The molecule has 2 fully saturated rings. The van der Waals surface area contributed by atoms with Gasteiger partial charge >= 0.3 is 0 Å². The van der Waals surface area contributed by atoms with Crippen LogP contribution in [0.2, 0.25) is 0 Å². The summed E-state index contributed by atoms with van der Waals surface area (Å²) < 4.78 is 23.7. The third kappa shape index (κ3) is 4.79. The summed E-state index contributed by atoms with van der Waals surface area (Å²) in [6.07, 6.45) is 2.40. The van der Waals surface area contributed by atoms with Gasteiger partial charge in [-0.1, -0.05) is 36.4 Å². The van der Waals surface area contributed by atoms with Gasteiger partial charge in [-0.3, -0.25) is 9.69 Å². The largest absolute Gasteiger partial charge is 0.371 e. The Balaban J connectivity index is 1.55. The lowest BCUT2D eigenvalue weighted by atomic mass is 10.0. The van der Waals surface area contributed by atoms with Crippen molar-refractivity contribution in [3.63, 3.8) is 0 Å². The van der Waals surface area contributed by atoms with Crippen LogP contribution < -0.4 is 10.2 Å². The summed E-state index contributed by atoms with van der Waals surface area (Å²) in [6.45, 7) is 2.82. The smallest absolute Gasteiger partial charge is 0.246 e. The molecule has 2 aliphatic heterocycles. The maximum atomic E-state index is 13.3. The van der Waals surface area contributed by atoms with Crippen LogP contribution in [0.5, 0.6) is 0 Å². The summed E-state index contributed by atoms with van der Waals surface area (Å²) in [5, 5.41) is 3.07. The number of rotatable bonds is 5. The summed E-state index contributed by atoms with van der Waals surface area (Å²) in [5.41, 5.74) is 2.77. The molecule has 0 radical (unpaired) electrons. The maximum Gasteiger partial charge on any atom is 0.246 e. The van der Waals surface area contributed by atoms with Gasteiger partial charge in [0.05, 0.1) is 11.5 Å². The fourth-order valence-electron chi connectivity index (χ4n) is 4.11. The molecular formula is C22H27N3O3S. The molecule has 154 valence electrons. The Kier molecular flexibility index (Phi) is 5.87. The highest BCUT2D eigenvalue weighted by molar-refractivity contribution is 7.91. The van der Waals surface area contributed by atoms with Crippen molar-refractivity contribution in [1.29, 1.82) is 0 Å². The molecule has 1 N–H and O–H groups in total. The van der Waals surface area contributed by atoms with Gasteiger partial charge in [0.1, 0.15) is 6.04 Å². The minimum absolute atomic E-state index is 0.0913. The first-order valence-corrected chi connectivity index (χ1v) is 12.0. The first kappa shape index (κ1) is 19.9. The zero-order valence-electron chi connectivity index (χ0n) is 16.5. The van der Waals surface area contributed by atoms with Crippen LogP contribution in [0.3, 0.4) is 0 Å². The van der Waals surface area contributed by atoms with Gasteiger partial charge in [0.2, 0.25) is 5.91 Å². The number of carbonyl (C=O) groups excluding carboxylic acids is 1. The van der Waals surface area contributed by atoms with Crippen molar-refractivity contribution >= 4 is 27.1 Å². The van der Waals surface area contributed by atoms with E-state index < -0.39 is 15.9 Å². The average Bonchev–Trinajstić information content (AvgIpc) is 3.25. The molecule has 1 unspecified atom stereocenters. The molecule has 0 bridgehead atoms.